The Labute approximate surface area is 106 Å². The summed E-state index contributed by atoms with van der Waals surface area (Å²) >= 11 is 11.2. The molecule has 0 unspecified atom stereocenters. The summed E-state index contributed by atoms with van der Waals surface area (Å²) in [6.07, 6.45) is 3.79. The van der Waals surface area contributed by atoms with Crippen LogP contribution >= 0.6 is 23.2 Å². The van der Waals surface area contributed by atoms with Crippen molar-refractivity contribution in [1.82, 2.24) is 14.5 Å². The second-order valence-electron chi connectivity index (χ2n) is 3.29. The number of aromatic nitrogens is 3. The zero-order valence-corrected chi connectivity index (χ0v) is 9.91. The van der Waals surface area contributed by atoms with E-state index in [0.717, 1.165) is 6.20 Å². The van der Waals surface area contributed by atoms with Gasteiger partial charge in [-0.1, -0.05) is 23.2 Å². The molecule has 0 radical (unpaired) electrons. The molecule has 88 valence electrons. The lowest BCUT2D eigenvalue weighted by molar-refractivity contribution is 0.614. The summed E-state index contributed by atoms with van der Waals surface area (Å²) < 4.78 is 14.1. The van der Waals surface area contributed by atoms with Crippen molar-refractivity contribution in [2.24, 2.45) is 0 Å². The van der Waals surface area contributed by atoms with Crippen LogP contribution in [-0.2, 0) is 6.54 Å². The van der Waals surface area contributed by atoms with Crippen molar-refractivity contribution in [2.45, 2.75) is 6.54 Å². The first-order valence-corrected chi connectivity index (χ1v) is 5.33. The number of hydrogen-bond donors (Lipinski definition) is 0. The van der Waals surface area contributed by atoms with E-state index in [-0.39, 0.29) is 16.7 Å². The first-order valence-electron chi connectivity index (χ1n) is 4.58. The van der Waals surface area contributed by atoms with Crippen LogP contribution in [0.25, 0.3) is 0 Å². The van der Waals surface area contributed by atoms with Crippen LogP contribution < -0.4 is 5.56 Å². The van der Waals surface area contributed by atoms with Crippen molar-refractivity contribution in [3.8, 4) is 0 Å². The highest BCUT2D eigenvalue weighted by atomic mass is 35.5. The number of rotatable bonds is 2. The lowest BCUT2D eigenvalue weighted by Crippen LogP contribution is -2.21. The molecule has 0 amide bonds. The fourth-order valence-corrected chi connectivity index (χ4v) is 1.58. The first-order chi connectivity index (χ1) is 8.08. The minimum atomic E-state index is -0.476. The van der Waals surface area contributed by atoms with Gasteiger partial charge < -0.3 is 0 Å². The summed E-state index contributed by atoms with van der Waals surface area (Å²) in [6.45, 7) is 0.132. The molecule has 0 fully saturated rings. The zero-order valence-electron chi connectivity index (χ0n) is 8.40. The van der Waals surface area contributed by atoms with E-state index in [4.69, 9.17) is 23.2 Å². The van der Waals surface area contributed by atoms with Gasteiger partial charge in [-0.25, -0.2) is 9.37 Å². The molecule has 2 rings (SSSR count). The Kier molecular flexibility index (Phi) is 3.40. The molecule has 0 aliphatic carbocycles. The molecule has 17 heavy (non-hydrogen) atoms. The quantitative estimate of drug-likeness (QED) is 0.788. The molecule has 0 aliphatic heterocycles. The molecule has 0 N–H and O–H groups in total. The third-order valence-electron chi connectivity index (χ3n) is 2.05. The molecule has 2 heterocycles. The zero-order chi connectivity index (χ0) is 12.4. The third kappa shape index (κ3) is 2.62. The third-order valence-corrected chi connectivity index (χ3v) is 2.78. The maximum absolute atomic E-state index is 12.9. The molecule has 0 aromatic carbocycles. The van der Waals surface area contributed by atoms with Crippen LogP contribution in [0.1, 0.15) is 5.56 Å². The molecule has 2 aromatic rings. The van der Waals surface area contributed by atoms with E-state index in [2.05, 4.69) is 9.97 Å². The summed E-state index contributed by atoms with van der Waals surface area (Å²) in [5.74, 6) is -0.469. The van der Waals surface area contributed by atoms with E-state index < -0.39 is 11.4 Å². The number of hydrogen-bond acceptors (Lipinski definition) is 3. The lowest BCUT2D eigenvalue weighted by Gasteiger charge is -2.05. The summed E-state index contributed by atoms with van der Waals surface area (Å²) in [5, 5.41) is -0.205. The Morgan fingerprint density at radius 1 is 1.35 bits per heavy atom. The molecule has 0 spiro atoms. The minimum absolute atomic E-state index is 0.0507. The standard InChI is InChI=1S/C10H6Cl2FN3O/c11-8-9(12)15-5-16(10(8)17)4-6-1-7(13)3-14-2-6/h1-3,5H,4H2. The van der Waals surface area contributed by atoms with Crippen molar-refractivity contribution in [3.05, 3.63) is 56.7 Å². The van der Waals surface area contributed by atoms with Crippen LogP contribution in [-0.4, -0.2) is 14.5 Å². The van der Waals surface area contributed by atoms with E-state index in [1.54, 1.807) is 0 Å². The highest BCUT2D eigenvalue weighted by Crippen LogP contribution is 2.13. The fraction of sp³-hybridized carbons (Fsp3) is 0.100. The number of halogens is 3. The van der Waals surface area contributed by atoms with E-state index in [1.807, 2.05) is 0 Å². The average Bonchev–Trinajstić information content (AvgIpc) is 2.30. The van der Waals surface area contributed by atoms with E-state index in [1.165, 1.54) is 23.2 Å². The van der Waals surface area contributed by atoms with Gasteiger partial charge in [-0.2, -0.15) is 0 Å². The topological polar surface area (TPSA) is 47.8 Å². The Balaban J connectivity index is 2.37. The minimum Gasteiger partial charge on any atom is -0.293 e. The second-order valence-corrected chi connectivity index (χ2v) is 4.03. The Hall–Kier alpha value is -1.46. The maximum atomic E-state index is 12.9. The predicted molar refractivity (Wildman–Crippen MR) is 61.8 cm³/mol. The van der Waals surface area contributed by atoms with Gasteiger partial charge in [-0.15, -0.1) is 0 Å². The average molecular weight is 274 g/mol. The molecule has 0 bridgehead atoms. The van der Waals surface area contributed by atoms with Crippen LogP contribution in [0.2, 0.25) is 10.2 Å². The van der Waals surface area contributed by atoms with Crippen molar-refractivity contribution >= 4 is 23.2 Å². The Bertz CT molecular complexity index is 615. The number of pyridine rings is 1. The van der Waals surface area contributed by atoms with Gasteiger partial charge in [0.1, 0.15) is 10.8 Å². The molecule has 2 aromatic heterocycles. The fourth-order valence-electron chi connectivity index (χ4n) is 1.30. The van der Waals surface area contributed by atoms with Crippen molar-refractivity contribution in [1.29, 1.82) is 0 Å². The van der Waals surface area contributed by atoms with Crippen molar-refractivity contribution in [3.63, 3.8) is 0 Å². The lowest BCUT2D eigenvalue weighted by atomic mass is 10.3. The molecule has 7 heteroatoms. The SMILES string of the molecule is O=c1c(Cl)c(Cl)ncn1Cc1cncc(F)c1. The largest absolute Gasteiger partial charge is 0.293 e. The summed E-state index contributed by atoms with van der Waals surface area (Å²) in [6, 6.07) is 1.28. The monoisotopic (exact) mass is 273 g/mol. The van der Waals surface area contributed by atoms with Gasteiger partial charge in [0.15, 0.2) is 5.15 Å². The highest BCUT2D eigenvalue weighted by Gasteiger charge is 2.08. The Morgan fingerprint density at radius 3 is 2.82 bits per heavy atom. The summed E-state index contributed by atoms with van der Waals surface area (Å²) in [4.78, 5) is 19.1. The predicted octanol–water partition coefficient (Wildman–Crippen LogP) is 2.13. The van der Waals surface area contributed by atoms with Crippen LogP contribution in [0.15, 0.2) is 29.6 Å². The van der Waals surface area contributed by atoms with Gasteiger partial charge >= 0.3 is 0 Å². The van der Waals surface area contributed by atoms with Crippen molar-refractivity contribution < 1.29 is 4.39 Å². The normalized spacial score (nSPS) is 10.5. The molecule has 0 aliphatic rings. The van der Waals surface area contributed by atoms with Gasteiger partial charge in [0.25, 0.3) is 5.56 Å². The highest BCUT2D eigenvalue weighted by molar-refractivity contribution is 6.40. The van der Waals surface area contributed by atoms with E-state index in [0.29, 0.717) is 5.56 Å². The number of nitrogens with zero attached hydrogens (tertiary/aromatic N) is 3. The molecule has 0 saturated carbocycles. The molecular weight excluding hydrogens is 268 g/mol. The van der Waals surface area contributed by atoms with E-state index in [9.17, 15) is 9.18 Å². The van der Waals surface area contributed by atoms with Crippen LogP contribution in [0.5, 0.6) is 0 Å². The van der Waals surface area contributed by atoms with Gasteiger partial charge in [0.05, 0.1) is 19.1 Å². The molecular formula is C10H6Cl2FN3O. The van der Waals surface area contributed by atoms with Gasteiger partial charge in [0, 0.05) is 6.20 Å². The summed E-state index contributed by atoms with van der Waals surface area (Å²) in [5.41, 5.74) is 0.0585. The molecule has 0 saturated heterocycles. The van der Waals surface area contributed by atoms with Crippen LogP contribution in [0.4, 0.5) is 4.39 Å². The van der Waals surface area contributed by atoms with Gasteiger partial charge in [0.2, 0.25) is 0 Å². The molecule has 4 nitrogen and oxygen atoms in total. The van der Waals surface area contributed by atoms with Gasteiger partial charge in [-0.05, 0) is 11.6 Å². The van der Waals surface area contributed by atoms with Crippen LogP contribution in [0, 0.1) is 5.82 Å². The van der Waals surface area contributed by atoms with E-state index >= 15 is 0 Å². The maximum Gasteiger partial charge on any atom is 0.273 e. The van der Waals surface area contributed by atoms with Crippen molar-refractivity contribution in [2.75, 3.05) is 0 Å². The summed E-state index contributed by atoms with van der Waals surface area (Å²) in [7, 11) is 0. The second kappa shape index (κ2) is 4.81. The van der Waals surface area contributed by atoms with Crippen LogP contribution in [0.3, 0.4) is 0 Å². The molecule has 0 atom stereocenters. The Morgan fingerprint density at radius 2 is 2.12 bits per heavy atom. The van der Waals surface area contributed by atoms with Gasteiger partial charge in [-0.3, -0.25) is 14.3 Å². The smallest absolute Gasteiger partial charge is 0.273 e. The first kappa shape index (κ1) is 12.0.